The Bertz CT molecular complexity index is 468. The molecule has 0 amide bonds. The number of pyridine rings is 1. The SMILES string of the molecule is Nc1ccnc(NCc2ccc(F)cc2)c1. The van der Waals surface area contributed by atoms with E-state index in [-0.39, 0.29) is 5.82 Å². The lowest BCUT2D eigenvalue weighted by Crippen LogP contribution is -2.01. The average Bonchev–Trinajstić information content (AvgIpc) is 2.28. The zero-order valence-corrected chi connectivity index (χ0v) is 8.65. The second-order valence-corrected chi connectivity index (χ2v) is 3.45. The van der Waals surface area contributed by atoms with Gasteiger partial charge < -0.3 is 11.1 Å². The Hall–Kier alpha value is -2.10. The fraction of sp³-hybridized carbons (Fsp3) is 0.0833. The standard InChI is InChI=1S/C12H12FN3/c13-10-3-1-9(2-4-10)8-16-12-7-11(14)5-6-15-12/h1-7H,8H2,(H3,14,15,16). The Morgan fingerprint density at radius 3 is 2.62 bits per heavy atom. The van der Waals surface area contributed by atoms with E-state index in [2.05, 4.69) is 10.3 Å². The highest BCUT2D eigenvalue weighted by molar-refractivity contribution is 5.48. The van der Waals surface area contributed by atoms with Crippen LogP contribution in [-0.2, 0) is 6.54 Å². The van der Waals surface area contributed by atoms with Crippen LogP contribution < -0.4 is 11.1 Å². The predicted molar refractivity (Wildman–Crippen MR) is 62.4 cm³/mol. The van der Waals surface area contributed by atoms with Gasteiger partial charge in [0.05, 0.1) is 0 Å². The summed E-state index contributed by atoms with van der Waals surface area (Å²) in [5, 5.41) is 3.11. The molecule has 16 heavy (non-hydrogen) atoms. The minimum Gasteiger partial charge on any atom is -0.399 e. The number of nitrogen functional groups attached to an aromatic ring is 1. The third kappa shape index (κ3) is 2.70. The van der Waals surface area contributed by atoms with Crippen molar-refractivity contribution in [3.8, 4) is 0 Å². The summed E-state index contributed by atoms with van der Waals surface area (Å²) in [6, 6.07) is 9.81. The monoisotopic (exact) mass is 217 g/mol. The van der Waals surface area contributed by atoms with Crippen LogP contribution in [-0.4, -0.2) is 4.98 Å². The van der Waals surface area contributed by atoms with E-state index in [1.807, 2.05) is 0 Å². The average molecular weight is 217 g/mol. The molecule has 0 fully saturated rings. The third-order valence-electron chi connectivity index (χ3n) is 2.17. The number of hydrogen-bond donors (Lipinski definition) is 2. The van der Waals surface area contributed by atoms with E-state index >= 15 is 0 Å². The molecule has 0 bridgehead atoms. The highest BCUT2D eigenvalue weighted by Crippen LogP contribution is 2.10. The van der Waals surface area contributed by atoms with Gasteiger partial charge in [-0.25, -0.2) is 9.37 Å². The molecular weight excluding hydrogens is 205 g/mol. The molecule has 4 heteroatoms. The molecule has 1 aromatic heterocycles. The molecule has 2 rings (SSSR count). The van der Waals surface area contributed by atoms with E-state index in [0.29, 0.717) is 18.1 Å². The van der Waals surface area contributed by atoms with Gasteiger partial charge in [0.1, 0.15) is 11.6 Å². The number of nitrogens with two attached hydrogens (primary N) is 1. The van der Waals surface area contributed by atoms with Gasteiger partial charge in [0.15, 0.2) is 0 Å². The first-order chi connectivity index (χ1) is 7.74. The van der Waals surface area contributed by atoms with Crippen molar-refractivity contribution in [1.29, 1.82) is 0 Å². The summed E-state index contributed by atoms with van der Waals surface area (Å²) < 4.78 is 12.7. The highest BCUT2D eigenvalue weighted by atomic mass is 19.1. The van der Waals surface area contributed by atoms with Gasteiger partial charge >= 0.3 is 0 Å². The van der Waals surface area contributed by atoms with Crippen LogP contribution in [0.3, 0.4) is 0 Å². The topological polar surface area (TPSA) is 50.9 Å². The van der Waals surface area contributed by atoms with Gasteiger partial charge in [0, 0.05) is 24.5 Å². The first-order valence-corrected chi connectivity index (χ1v) is 4.94. The second kappa shape index (κ2) is 4.61. The first kappa shape index (κ1) is 10.4. The van der Waals surface area contributed by atoms with Gasteiger partial charge in [0.25, 0.3) is 0 Å². The fourth-order valence-electron chi connectivity index (χ4n) is 1.34. The first-order valence-electron chi connectivity index (χ1n) is 4.94. The summed E-state index contributed by atoms with van der Waals surface area (Å²) >= 11 is 0. The van der Waals surface area contributed by atoms with Crippen LogP contribution in [0.2, 0.25) is 0 Å². The number of nitrogens with zero attached hydrogens (tertiary/aromatic N) is 1. The Labute approximate surface area is 93.1 Å². The van der Waals surface area contributed by atoms with E-state index in [4.69, 9.17) is 5.73 Å². The second-order valence-electron chi connectivity index (χ2n) is 3.45. The van der Waals surface area contributed by atoms with E-state index in [0.717, 1.165) is 5.56 Å². The molecule has 2 aromatic rings. The van der Waals surface area contributed by atoms with Crippen LogP contribution in [0.15, 0.2) is 42.6 Å². The molecule has 0 radical (unpaired) electrons. The molecule has 82 valence electrons. The van der Waals surface area contributed by atoms with Crippen molar-refractivity contribution < 1.29 is 4.39 Å². The van der Waals surface area contributed by atoms with E-state index in [1.54, 1.807) is 30.5 Å². The third-order valence-corrected chi connectivity index (χ3v) is 2.17. The summed E-state index contributed by atoms with van der Waals surface area (Å²) in [5.74, 6) is 0.482. The van der Waals surface area contributed by atoms with Gasteiger partial charge in [-0.05, 0) is 23.8 Å². The number of aromatic nitrogens is 1. The van der Waals surface area contributed by atoms with Crippen LogP contribution in [0.1, 0.15) is 5.56 Å². The van der Waals surface area contributed by atoms with Crippen molar-refractivity contribution in [3.63, 3.8) is 0 Å². The summed E-state index contributed by atoms with van der Waals surface area (Å²) in [4.78, 5) is 4.11. The maximum atomic E-state index is 12.7. The fourth-order valence-corrected chi connectivity index (χ4v) is 1.34. The molecular formula is C12H12FN3. The van der Waals surface area contributed by atoms with Crippen molar-refractivity contribution in [2.75, 3.05) is 11.1 Å². The van der Waals surface area contributed by atoms with Gasteiger partial charge in [-0.3, -0.25) is 0 Å². The molecule has 0 spiro atoms. The van der Waals surface area contributed by atoms with Crippen molar-refractivity contribution in [3.05, 3.63) is 54.0 Å². The lowest BCUT2D eigenvalue weighted by Gasteiger charge is -2.05. The normalized spacial score (nSPS) is 10.1. The van der Waals surface area contributed by atoms with Crippen LogP contribution in [0.4, 0.5) is 15.9 Å². The lowest BCUT2D eigenvalue weighted by molar-refractivity contribution is 0.627. The molecule has 0 aliphatic heterocycles. The van der Waals surface area contributed by atoms with E-state index < -0.39 is 0 Å². The maximum Gasteiger partial charge on any atom is 0.128 e. The van der Waals surface area contributed by atoms with E-state index in [1.165, 1.54) is 12.1 Å². The Morgan fingerprint density at radius 1 is 1.19 bits per heavy atom. The molecule has 1 aromatic carbocycles. The Balaban J connectivity index is 1.99. The minimum absolute atomic E-state index is 0.231. The molecule has 1 heterocycles. The quantitative estimate of drug-likeness (QED) is 0.830. The van der Waals surface area contributed by atoms with Gasteiger partial charge in [0.2, 0.25) is 0 Å². The number of nitrogens with one attached hydrogen (secondary N) is 1. The van der Waals surface area contributed by atoms with Crippen LogP contribution in [0.5, 0.6) is 0 Å². The molecule has 0 aliphatic rings. The van der Waals surface area contributed by atoms with Gasteiger partial charge in [-0.15, -0.1) is 0 Å². The van der Waals surface area contributed by atoms with Crippen LogP contribution in [0.25, 0.3) is 0 Å². The zero-order chi connectivity index (χ0) is 11.4. The number of anilines is 2. The summed E-state index contributed by atoms with van der Waals surface area (Å²) in [6.45, 7) is 0.594. The highest BCUT2D eigenvalue weighted by Gasteiger charge is 1.96. The molecule has 0 saturated heterocycles. The lowest BCUT2D eigenvalue weighted by atomic mass is 10.2. The smallest absolute Gasteiger partial charge is 0.128 e. The van der Waals surface area contributed by atoms with Gasteiger partial charge in [-0.1, -0.05) is 12.1 Å². The number of benzene rings is 1. The van der Waals surface area contributed by atoms with Gasteiger partial charge in [-0.2, -0.15) is 0 Å². The van der Waals surface area contributed by atoms with Crippen molar-refractivity contribution in [2.24, 2.45) is 0 Å². The number of rotatable bonds is 3. The zero-order valence-electron chi connectivity index (χ0n) is 8.65. The largest absolute Gasteiger partial charge is 0.399 e. The minimum atomic E-state index is -0.231. The van der Waals surface area contributed by atoms with Crippen molar-refractivity contribution in [2.45, 2.75) is 6.54 Å². The molecule has 0 atom stereocenters. The van der Waals surface area contributed by atoms with Crippen LogP contribution >= 0.6 is 0 Å². The van der Waals surface area contributed by atoms with Crippen LogP contribution in [0, 0.1) is 5.82 Å². The Morgan fingerprint density at radius 2 is 1.94 bits per heavy atom. The number of hydrogen-bond acceptors (Lipinski definition) is 3. The number of halogens is 1. The maximum absolute atomic E-state index is 12.7. The van der Waals surface area contributed by atoms with Crippen molar-refractivity contribution >= 4 is 11.5 Å². The van der Waals surface area contributed by atoms with Crippen molar-refractivity contribution in [1.82, 2.24) is 4.98 Å². The van der Waals surface area contributed by atoms with E-state index in [9.17, 15) is 4.39 Å². The molecule has 0 aliphatic carbocycles. The predicted octanol–water partition coefficient (Wildman–Crippen LogP) is 2.42. The summed E-state index contributed by atoms with van der Waals surface area (Å²) in [7, 11) is 0. The molecule has 0 saturated carbocycles. The Kier molecular flexibility index (Phi) is 3.00. The molecule has 0 unspecified atom stereocenters. The molecule has 3 nitrogen and oxygen atoms in total. The summed E-state index contributed by atoms with van der Waals surface area (Å²) in [6.07, 6.45) is 1.64. The molecule has 3 N–H and O–H groups in total. The summed E-state index contributed by atoms with van der Waals surface area (Å²) in [5.41, 5.74) is 7.27.